The molecule has 0 saturated carbocycles. The van der Waals surface area contributed by atoms with Crippen molar-refractivity contribution >= 4 is 5.82 Å². The number of anilines is 1. The number of pyridine rings is 1. The summed E-state index contributed by atoms with van der Waals surface area (Å²) < 4.78 is 6.23. The molecular formula is C16H24N4O. The molecule has 2 unspecified atom stereocenters. The van der Waals surface area contributed by atoms with Crippen molar-refractivity contribution in [1.82, 2.24) is 15.2 Å². The van der Waals surface area contributed by atoms with Gasteiger partial charge in [-0.15, -0.1) is 0 Å². The number of hydrogen-bond acceptors (Lipinski definition) is 5. The maximum Gasteiger partial charge on any atom is 0.142 e. The van der Waals surface area contributed by atoms with Crippen molar-refractivity contribution < 1.29 is 4.74 Å². The molecule has 0 radical (unpaired) electrons. The fourth-order valence-corrected chi connectivity index (χ4v) is 3.80. The first-order valence-corrected chi connectivity index (χ1v) is 7.98. The molecule has 4 heterocycles. The third kappa shape index (κ3) is 2.38. The first kappa shape index (κ1) is 13.3. The molecule has 2 fully saturated rings. The van der Waals surface area contributed by atoms with Crippen molar-refractivity contribution in [2.75, 3.05) is 44.7 Å². The van der Waals surface area contributed by atoms with E-state index in [0.29, 0.717) is 6.04 Å². The van der Waals surface area contributed by atoms with Gasteiger partial charge in [0.05, 0.1) is 6.20 Å². The van der Waals surface area contributed by atoms with Gasteiger partial charge in [-0.05, 0) is 20.0 Å². The van der Waals surface area contributed by atoms with Gasteiger partial charge in [-0.2, -0.15) is 0 Å². The van der Waals surface area contributed by atoms with Gasteiger partial charge in [0, 0.05) is 57.2 Å². The summed E-state index contributed by atoms with van der Waals surface area (Å²) in [6.07, 6.45) is 4.04. The molecule has 0 aliphatic carbocycles. The Morgan fingerprint density at radius 2 is 2.14 bits per heavy atom. The third-order valence-corrected chi connectivity index (χ3v) is 5.05. The predicted octanol–water partition coefficient (Wildman–Crippen LogP) is 0.889. The highest BCUT2D eigenvalue weighted by Crippen LogP contribution is 2.40. The summed E-state index contributed by atoms with van der Waals surface area (Å²) >= 11 is 0. The molecule has 5 heteroatoms. The molecule has 3 aliphatic heterocycles. The van der Waals surface area contributed by atoms with Crippen LogP contribution in [0.3, 0.4) is 0 Å². The lowest BCUT2D eigenvalue weighted by Gasteiger charge is -2.33. The standard InChI is InChI=1S/C16H24N4O/c1-12-8-16(11-18-12)9-13-7-15(17-10-14(13)21-16)20-5-3-19(2)4-6-20/h7,10,12,18H,3-6,8-9,11H2,1-2H3. The van der Waals surface area contributed by atoms with Gasteiger partial charge in [0.2, 0.25) is 0 Å². The Bertz CT molecular complexity index is 541. The lowest BCUT2D eigenvalue weighted by Crippen LogP contribution is -2.44. The molecule has 2 atom stereocenters. The highest BCUT2D eigenvalue weighted by Gasteiger charge is 2.44. The van der Waals surface area contributed by atoms with E-state index < -0.39 is 0 Å². The van der Waals surface area contributed by atoms with Gasteiger partial charge in [0.15, 0.2) is 0 Å². The molecule has 0 bridgehead atoms. The number of piperazine rings is 1. The smallest absolute Gasteiger partial charge is 0.142 e. The highest BCUT2D eigenvalue weighted by molar-refractivity contribution is 5.49. The second-order valence-electron chi connectivity index (χ2n) is 6.89. The zero-order chi connectivity index (χ0) is 14.4. The summed E-state index contributed by atoms with van der Waals surface area (Å²) in [6, 6.07) is 2.79. The zero-order valence-corrected chi connectivity index (χ0v) is 12.9. The Balaban J connectivity index is 1.53. The molecule has 0 amide bonds. The van der Waals surface area contributed by atoms with Crippen molar-refractivity contribution in [3.63, 3.8) is 0 Å². The minimum atomic E-state index is -0.0236. The van der Waals surface area contributed by atoms with Crippen LogP contribution in [0.5, 0.6) is 5.75 Å². The van der Waals surface area contributed by atoms with E-state index in [1.165, 1.54) is 5.56 Å². The molecular weight excluding hydrogens is 264 g/mol. The predicted molar refractivity (Wildman–Crippen MR) is 83.1 cm³/mol. The Labute approximate surface area is 126 Å². The monoisotopic (exact) mass is 288 g/mol. The summed E-state index contributed by atoms with van der Waals surface area (Å²) in [4.78, 5) is 9.39. The maximum absolute atomic E-state index is 6.23. The SMILES string of the molecule is CC1CC2(CN1)Cc1cc(N3CCN(C)CC3)ncc1O2. The van der Waals surface area contributed by atoms with Crippen molar-refractivity contribution in [1.29, 1.82) is 0 Å². The van der Waals surface area contributed by atoms with Crippen LogP contribution in [-0.2, 0) is 6.42 Å². The molecule has 2 saturated heterocycles. The second kappa shape index (κ2) is 4.85. The van der Waals surface area contributed by atoms with Gasteiger partial charge in [-0.3, -0.25) is 0 Å². The van der Waals surface area contributed by atoms with Crippen LogP contribution in [0.25, 0.3) is 0 Å². The van der Waals surface area contributed by atoms with E-state index in [9.17, 15) is 0 Å². The molecule has 5 nitrogen and oxygen atoms in total. The van der Waals surface area contributed by atoms with Crippen LogP contribution >= 0.6 is 0 Å². The number of ether oxygens (including phenoxy) is 1. The average molecular weight is 288 g/mol. The minimum absolute atomic E-state index is 0.0236. The molecule has 1 spiro atoms. The Morgan fingerprint density at radius 1 is 1.33 bits per heavy atom. The molecule has 1 aromatic rings. The van der Waals surface area contributed by atoms with Crippen molar-refractivity contribution in [3.8, 4) is 5.75 Å². The first-order chi connectivity index (χ1) is 10.1. The summed E-state index contributed by atoms with van der Waals surface area (Å²) in [5.74, 6) is 2.10. The van der Waals surface area contributed by atoms with Crippen molar-refractivity contribution in [2.24, 2.45) is 0 Å². The molecule has 1 aromatic heterocycles. The number of hydrogen-bond donors (Lipinski definition) is 1. The summed E-state index contributed by atoms with van der Waals surface area (Å²) in [5.41, 5.74) is 1.30. The van der Waals surface area contributed by atoms with Crippen molar-refractivity contribution in [3.05, 3.63) is 17.8 Å². The third-order valence-electron chi connectivity index (χ3n) is 5.05. The number of nitrogens with zero attached hydrogens (tertiary/aromatic N) is 3. The average Bonchev–Trinajstić information content (AvgIpc) is 3.01. The molecule has 1 N–H and O–H groups in total. The van der Waals surface area contributed by atoms with Gasteiger partial charge in [0.1, 0.15) is 17.2 Å². The second-order valence-corrected chi connectivity index (χ2v) is 6.89. The number of fused-ring (bicyclic) bond motifs is 1. The number of likely N-dealkylation sites (N-methyl/N-ethyl adjacent to an activating group) is 1. The van der Waals surface area contributed by atoms with E-state index in [1.807, 2.05) is 6.20 Å². The molecule has 3 aliphatic rings. The Hall–Kier alpha value is -1.33. The van der Waals surface area contributed by atoms with Gasteiger partial charge in [-0.25, -0.2) is 4.98 Å². The van der Waals surface area contributed by atoms with Crippen LogP contribution in [-0.4, -0.2) is 61.3 Å². The van der Waals surface area contributed by atoms with E-state index in [1.54, 1.807) is 0 Å². The van der Waals surface area contributed by atoms with E-state index >= 15 is 0 Å². The molecule has 21 heavy (non-hydrogen) atoms. The first-order valence-electron chi connectivity index (χ1n) is 7.98. The topological polar surface area (TPSA) is 40.6 Å². The Morgan fingerprint density at radius 3 is 2.86 bits per heavy atom. The number of nitrogens with one attached hydrogen (secondary N) is 1. The van der Waals surface area contributed by atoms with Crippen LogP contribution in [0.15, 0.2) is 12.3 Å². The number of aromatic nitrogens is 1. The highest BCUT2D eigenvalue weighted by atomic mass is 16.5. The summed E-state index contributed by atoms with van der Waals surface area (Å²) in [7, 11) is 2.18. The zero-order valence-electron chi connectivity index (χ0n) is 12.9. The van der Waals surface area contributed by atoms with Crippen LogP contribution in [0.4, 0.5) is 5.82 Å². The number of rotatable bonds is 1. The molecule has 0 aromatic carbocycles. The lowest BCUT2D eigenvalue weighted by molar-refractivity contribution is 0.115. The van der Waals surface area contributed by atoms with Crippen LogP contribution in [0.2, 0.25) is 0 Å². The van der Waals surface area contributed by atoms with E-state index in [4.69, 9.17) is 4.74 Å². The van der Waals surface area contributed by atoms with Gasteiger partial charge in [0.25, 0.3) is 0 Å². The van der Waals surface area contributed by atoms with Gasteiger partial charge >= 0.3 is 0 Å². The maximum atomic E-state index is 6.23. The lowest BCUT2D eigenvalue weighted by atomic mass is 9.95. The normalized spacial score (nSPS) is 32.5. The fourth-order valence-electron chi connectivity index (χ4n) is 3.80. The fraction of sp³-hybridized carbons (Fsp3) is 0.688. The van der Waals surface area contributed by atoms with E-state index in [-0.39, 0.29) is 5.60 Å². The van der Waals surface area contributed by atoms with Crippen molar-refractivity contribution in [2.45, 2.75) is 31.4 Å². The summed E-state index contributed by atoms with van der Waals surface area (Å²) in [6.45, 7) is 7.53. The van der Waals surface area contributed by atoms with Gasteiger partial charge < -0.3 is 19.9 Å². The summed E-state index contributed by atoms with van der Waals surface area (Å²) in [5, 5.41) is 3.51. The van der Waals surface area contributed by atoms with Gasteiger partial charge in [-0.1, -0.05) is 0 Å². The molecule has 114 valence electrons. The van der Waals surface area contributed by atoms with E-state index in [2.05, 4.69) is 40.1 Å². The molecule has 4 rings (SSSR count). The van der Waals surface area contributed by atoms with Crippen LogP contribution in [0.1, 0.15) is 18.9 Å². The van der Waals surface area contributed by atoms with Crippen LogP contribution in [0, 0.1) is 0 Å². The quantitative estimate of drug-likeness (QED) is 0.831. The largest absolute Gasteiger partial charge is 0.484 e. The minimum Gasteiger partial charge on any atom is -0.484 e. The van der Waals surface area contributed by atoms with Crippen LogP contribution < -0.4 is 15.0 Å². The Kier molecular flexibility index (Phi) is 3.08. The van der Waals surface area contributed by atoms with E-state index in [0.717, 1.165) is 57.1 Å².